The molecule has 3 atom stereocenters. The number of carbonyl (C=O) groups is 3. The van der Waals surface area contributed by atoms with Gasteiger partial charge in [0.2, 0.25) is 0 Å². The highest BCUT2D eigenvalue weighted by Gasteiger charge is 2.23. The molecule has 2 unspecified atom stereocenters. The number of rotatable bonds is 26. The molecule has 0 saturated heterocycles. The first-order valence-corrected chi connectivity index (χ1v) is 33.0. The quantitative estimate of drug-likeness (QED) is 0.0482. The van der Waals surface area contributed by atoms with E-state index in [0.29, 0.717) is 30.6 Å². The van der Waals surface area contributed by atoms with Crippen molar-refractivity contribution in [1.82, 2.24) is 4.98 Å². The molecule has 1 fully saturated rings. The fourth-order valence-corrected chi connectivity index (χ4v) is 9.89. The average molecular weight is 1170 g/mol. The number of methoxy groups -OCH3 is 2. The number of halogens is 1. The van der Waals surface area contributed by atoms with E-state index in [1.54, 1.807) is 21.1 Å². The number of fused-ring (bicyclic) bond motifs is 1. The average Bonchev–Trinajstić information content (AvgIpc) is 4.36. The summed E-state index contributed by atoms with van der Waals surface area (Å²) < 4.78 is 25.4. The minimum Gasteiger partial charge on any atom is -0.500 e. The Morgan fingerprint density at radius 3 is 1.85 bits per heavy atom. The number of benzene rings is 2. The summed E-state index contributed by atoms with van der Waals surface area (Å²) in [6.07, 6.45) is 32.3. The molecule has 9 nitrogen and oxygen atoms in total. The number of carbonyl (C=O) groups excluding carboxylic acids is 3. The minimum absolute atomic E-state index is 0.146. The lowest BCUT2D eigenvalue weighted by molar-refractivity contribution is -0.492. The van der Waals surface area contributed by atoms with Crippen molar-refractivity contribution in [2.24, 2.45) is 23.7 Å². The molecule has 0 amide bonds. The van der Waals surface area contributed by atoms with Gasteiger partial charge < -0.3 is 24.5 Å². The smallest absolute Gasteiger partial charge is 0.176 e. The number of pyridine rings is 1. The van der Waals surface area contributed by atoms with E-state index in [1.165, 1.54) is 126 Å². The molecule has 10 heteroatoms. The van der Waals surface area contributed by atoms with Gasteiger partial charge in [-0.2, -0.15) is 0 Å². The molecule has 6 rings (SSSR count). The molecule has 0 spiro atoms. The lowest BCUT2D eigenvalue weighted by Gasteiger charge is -2.21. The van der Waals surface area contributed by atoms with Crippen LogP contribution in [0.3, 0.4) is 0 Å². The van der Waals surface area contributed by atoms with Crippen molar-refractivity contribution in [2.45, 2.75) is 258 Å². The second-order valence-electron chi connectivity index (χ2n) is 23.9. The molecule has 0 radical (unpaired) electrons. The Labute approximate surface area is 514 Å². The Morgan fingerprint density at radius 1 is 0.726 bits per heavy atom. The molecule has 84 heavy (non-hydrogen) atoms. The Bertz CT molecular complexity index is 2300. The number of unbranched alkanes of at least 4 members (excludes halogenated alkanes) is 4. The van der Waals surface area contributed by atoms with Gasteiger partial charge in [0.05, 0.1) is 30.6 Å². The molecule has 476 valence electrons. The van der Waals surface area contributed by atoms with E-state index in [2.05, 4.69) is 120 Å². The van der Waals surface area contributed by atoms with Crippen molar-refractivity contribution in [2.75, 3.05) is 51.7 Å². The molecule has 3 aliphatic rings. The lowest BCUT2D eigenvalue weighted by atomic mass is 9.88. The van der Waals surface area contributed by atoms with Crippen molar-refractivity contribution in [3.63, 3.8) is 0 Å². The zero-order chi connectivity index (χ0) is 63.4. The highest BCUT2D eigenvalue weighted by atomic mass is 19.1. The van der Waals surface area contributed by atoms with Crippen LogP contribution in [0.1, 0.15) is 269 Å². The van der Waals surface area contributed by atoms with Crippen LogP contribution >= 0.6 is 0 Å². The number of nitrogens with one attached hydrogen (secondary N) is 1. The van der Waals surface area contributed by atoms with Crippen molar-refractivity contribution < 1.29 is 32.8 Å². The number of anilines is 2. The predicted molar refractivity (Wildman–Crippen MR) is 361 cm³/mol. The van der Waals surface area contributed by atoms with Crippen molar-refractivity contribution in [3.05, 3.63) is 106 Å². The summed E-state index contributed by atoms with van der Waals surface area (Å²) in [6.45, 7) is 33.2. The van der Waals surface area contributed by atoms with E-state index in [0.717, 1.165) is 108 Å². The molecule has 0 bridgehead atoms. The molecular weight excluding hydrogens is 1040 g/mol. The SMILES string of the molecule is C1CCCC1.CCC(C)C(=O)CCCC(C)=O.CCCC.CCCCC(CC)CC.CCCCC(COC)[C@H](C)CC.COC1=C(c2cc(C(=O)CCC/C=C3/Nc4ccc(C)cc4N3C)cc(C)n2)C=[N+](C)CC1.Cc1cc(C)cc(F)c1. The first-order chi connectivity index (χ1) is 40.1. The van der Waals surface area contributed by atoms with Crippen LogP contribution in [0.25, 0.3) is 5.57 Å². The highest BCUT2D eigenvalue weighted by molar-refractivity contribution is 6.09. The topological polar surface area (TPSA) is 101 Å². The fourth-order valence-electron chi connectivity index (χ4n) is 9.89. The molecule has 3 heterocycles. The molecule has 1 N–H and O–H groups in total. The van der Waals surface area contributed by atoms with Crippen LogP contribution in [0.15, 0.2) is 66.2 Å². The zero-order valence-corrected chi connectivity index (χ0v) is 57.2. The van der Waals surface area contributed by atoms with Crippen molar-refractivity contribution in [1.29, 1.82) is 0 Å². The van der Waals surface area contributed by atoms with Crippen molar-refractivity contribution in [3.8, 4) is 0 Å². The molecule has 1 aliphatic carbocycles. The predicted octanol–water partition coefficient (Wildman–Crippen LogP) is 20.6. The van der Waals surface area contributed by atoms with Gasteiger partial charge in [0.25, 0.3) is 0 Å². The van der Waals surface area contributed by atoms with Gasteiger partial charge in [-0.05, 0) is 144 Å². The third-order valence-electron chi connectivity index (χ3n) is 16.2. The summed E-state index contributed by atoms with van der Waals surface area (Å²) in [5.41, 5.74) is 8.83. The Hall–Kier alpha value is -4.96. The molecule has 1 aromatic heterocycles. The van der Waals surface area contributed by atoms with E-state index >= 15 is 0 Å². The van der Waals surface area contributed by atoms with Gasteiger partial charge in [-0.25, -0.2) is 8.97 Å². The first-order valence-electron chi connectivity index (χ1n) is 33.0. The number of hydrogen-bond acceptors (Lipinski definition) is 8. The third-order valence-corrected chi connectivity index (χ3v) is 16.2. The molecule has 2 aliphatic heterocycles. The monoisotopic (exact) mass is 1170 g/mol. The van der Waals surface area contributed by atoms with Crippen LogP contribution in [0, 0.1) is 57.2 Å². The number of hydrogen-bond donors (Lipinski definition) is 1. The second kappa shape index (κ2) is 48.2. The van der Waals surface area contributed by atoms with Crippen molar-refractivity contribution >= 4 is 40.5 Å². The Balaban J connectivity index is 0.00000111. The van der Waals surface area contributed by atoms with Crippen LogP contribution in [0.2, 0.25) is 0 Å². The molecular formula is C74H124FN4O5+. The van der Waals surface area contributed by atoms with E-state index in [4.69, 9.17) is 9.47 Å². The highest BCUT2D eigenvalue weighted by Crippen LogP contribution is 2.36. The van der Waals surface area contributed by atoms with E-state index in [1.807, 2.05) is 59.9 Å². The Morgan fingerprint density at radius 2 is 1.33 bits per heavy atom. The lowest BCUT2D eigenvalue weighted by Crippen LogP contribution is -2.18. The number of ether oxygens (including phenoxy) is 2. The third kappa shape index (κ3) is 34.9. The van der Waals surface area contributed by atoms with Gasteiger partial charge in [0.15, 0.2) is 12.0 Å². The number of Topliss-reactive ketones (excluding diaryl/α,β-unsaturated/α-hetero) is 3. The molecule has 2 aromatic carbocycles. The molecule has 3 aromatic rings. The maximum absolute atomic E-state index is 13.0. The summed E-state index contributed by atoms with van der Waals surface area (Å²) in [4.78, 5) is 41.6. The van der Waals surface area contributed by atoms with Gasteiger partial charge in [-0.3, -0.25) is 14.6 Å². The van der Waals surface area contributed by atoms with Crippen LogP contribution in [-0.2, 0) is 19.1 Å². The maximum Gasteiger partial charge on any atom is 0.176 e. The summed E-state index contributed by atoms with van der Waals surface area (Å²) in [5.74, 6) is 5.22. The van der Waals surface area contributed by atoms with E-state index < -0.39 is 0 Å². The van der Waals surface area contributed by atoms with Crippen LogP contribution in [-0.4, -0.2) is 74.6 Å². The van der Waals surface area contributed by atoms with Crippen LogP contribution in [0.5, 0.6) is 0 Å². The minimum atomic E-state index is -0.146. The van der Waals surface area contributed by atoms with Gasteiger partial charge in [-0.15, -0.1) is 0 Å². The van der Waals surface area contributed by atoms with E-state index in [9.17, 15) is 18.8 Å². The van der Waals surface area contributed by atoms with Crippen LogP contribution in [0.4, 0.5) is 15.8 Å². The summed E-state index contributed by atoms with van der Waals surface area (Å²) in [5, 5.41) is 3.47. The normalized spacial score (nSPS) is 14.6. The summed E-state index contributed by atoms with van der Waals surface area (Å²) >= 11 is 0. The fraction of sp³-hybridized carbons (Fsp3) is 0.662. The summed E-state index contributed by atoms with van der Waals surface area (Å²) in [7, 11) is 7.61. The molecule has 1 saturated carbocycles. The zero-order valence-electron chi connectivity index (χ0n) is 57.2. The number of aromatic nitrogens is 1. The number of allylic oxidation sites excluding steroid dienone is 2. The van der Waals surface area contributed by atoms with Gasteiger partial charge in [0, 0.05) is 57.2 Å². The van der Waals surface area contributed by atoms with Crippen LogP contribution < -0.4 is 10.2 Å². The van der Waals surface area contributed by atoms with Gasteiger partial charge in [0.1, 0.15) is 48.1 Å². The van der Waals surface area contributed by atoms with Gasteiger partial charge >= 0.3 is 0 Å². The summed E-state index contributed by atoms with van der Waals surface area (Å²) in [6, 6.07) is 15.2. The maximum atomic E-state index is 13.0. The largest absolute Gasteiger partial charge is 0.500 e. The number of nitrogens with zero attached hydrogens (tertiary/aromatic N) is 3. The van der Waals surface area contributed by atoms with Gasteiger partial charge in [-0.1, -0.05) is 178 Å². The first kappa shape index (κ1) is 79.0. The van der Waals surface area contributed by atoms with E-state index in [-0.39, 0.29) is 23.3 Å². The second-order valence-corrected chi connectivity index (χ2v) is 23.9. The number of aryl methyl sites for hydroxylation is 4. The Kier molecular flexibility index (Phi) is 45.3. The standard InChI is InChI=1S/C27H33N4O2.C11H24O.C10H18O2.C9H20.C8H9F.C5H10.C4H10/c1-18-10-11-22-24(14-18)31(4)27(29-22)9-7-6-8-25(32)20-15-19(2)28-23(16-20)21-17-30(3)13-12-26(21)33-5;1-5-7-8-11(9-12-4)10(3)6-2;1-4-8(2)10(12)7-5-6-9(3)11;1-4-7-8-9(5-2)6-3;1-6-3-7(2)5-8(9)4-6;1-2-4-5-3-1;1-3-4-2/h9-11,14-17,29H,6-8,12-13H2,1-5H3;10-11H,5-9H2,1-4H3;8H,4-7H2,1-3H3;9H,4-8H2,1-3H3;3-5H,1-2H3;1-5H2;3-4H2,1-2H3/q+1;;;;;;/b27-9-;;;;;;/t;10-,11?;;;;;/m.1...../s1. The number of ketones is 3.